The molecule has 1 N–H and O–H groups in total. The molecule has 0 radical (unpaired) electrons. The van der Waals surface area contributed by atoms with E-state index in [-0.39, 0.29) is 5.54 Å². The van der Waals surface area contributed by atoms with Crippen LogP contribution in [0.1, 0.15) is 46.0 Å². The van der Waals surface area contributed by atoms with Gasteiger partial charge in [-0.15, -0.1) is 0 Å². The second kappa shape index (κ2) is 4.62. The second-order valence-electron chi connectivity index (χ2n) is 4.16. The molecular weight excluding hydrogens is 160 g/mol. The van der Waals surface area contributed by atoms with Crippen LogP contribution in [0.2, 0.25) is 0 Å². The minimum atomic E-state index is -0.214. The number of hydrogen-bond acceptors (Lipinski definition) is 2. The fourth-order valence-corrected chi connectivity index (χ4v) is 2.23. The van der Waals surface area contributed by atoms with Crippen LogP contribution in [0.5, 0.6) is 0 Å². The van der Waals surface area contributed by atoms with Crippen molar-refractivity contribution in [2.75, 3.05) is 6.54 Å². The van der Waals surface area contributed by atoms with Crippen molar-refractivity contribution in [2.45, 2.75) is 51.5 Å². The van der Waals surface area contributed by atoms with Gasteiger partial charge in [-0.25, -0.2) is 0 Å². The van der Waals surface area contributed by atoms with E-state index in [2.05, 4.69) is 25.2 Å². The molecule has 1 fully saturated rings. The summed E-state index contributed by atoms with van der Waals surface area (Å²) in [7, 11) is 0. The summed E-state index contributed by atoms with van der Waals surface area (Å²) in [6, 6.07) is 2.49. The van der Waals surface area contributed by atoms with Gasteiger partial charge in [0.2, 0.25) is 0 Å². The van der Waals surface area contributed by atoms with E-state index in [1.54, 1.807) is 0 Å². The molecule has 13 heavy (non-hydrogen) atoms. The van der Waals surface area contributed by atoms with Crippen LogP contribution in [-0.4, -0.2) is 12.1 Å². The first-order chi connectivity index (χ1) is 6.25. The quantitative estimate of drug-likeness (QED) is 0.724. The Labute approximate surface area is 81.3 Å². The minimum Gasteiger partial charge on any atom is -0.299 e. The molecule has 0 aromatic rings. The van der Waals surface area contributed by atoms with E-state index in [0.717, 1.165) is 19.4 Å². The normalized spacial score (nSPS) is 30.8. The molecule has 1 heterocycles. The van der Waals surface area contributed by atoms with E-state index in [4.69, 9.17) is 0 Å². The number of nitrogens with one attached hydrogen (secondary N) is 1. The highest BCUT2D eigenvalue weighted by Crippen LogP contribution is 2.29. The van der Waals surface area contributed by atoms with Crippen molar-refractivity contribution < 1.29 is 0 Å². The standard InChI is InChI=1S/C11H20N2/c1-3-6-10(2)11(9-12)7-4-5-8-13-11/h10,13H,3-8H2,1-2H3. The van der Waals surface area contributed by atoms with Gasteiger partial charge in [-0.1, -0.05) is 20.3 Å². The monoisotopic (exact) mass is 180 g/mol. The van der Waals surface area contributed by atoms with Gasteiger partial charge < -0.3 is 0 Å². The van der Waals surface area contributed by atoms with E-state index in [9.17, 15) is 5.26 Å². The summed E-state index contributed by atoms with van der Waals surface area (Å²) >= 11 is 0. The van der Waals surface area contributed by atoms with Gasteiger partial charge in [-0.2, -0.15) is 5.26 Å². The maximum atomic E-state index is 9.23. The van der Waals surface area contributed by atoms with Crippen LogP contribution in [-0.2, 0) is 0 Å². The molecule has 2 heteroatoms. The highest BCUT2D eigenvalue weighted by molar-refractivity contribution is 5.11. The molecule has 0 bridgehead atoms. The lowest BCUT2D eigenvalue weighted by Gasteiger charge is -2.37. The highest BCUT2D eigenvalue weighted by Gasteiger charge is 2.36. The first-order valence-corrected chi connectivity index (χ1v) is 5.41. The zero-order valence-corrected chi connectivity index (χ0v) is 8.77. The van der Waals surface area contributed by atoms with Gasteiger partial charge >= 0.3 is 0 Å². The van der Waals surface area contributed by atoms with E-state index in [0.29, 0.717) is 5.92 Å². The molecule has 2 nitrogen and oxygen atoms in total. The fourth-order valence-electron chi connectivity index (χ4n) is 2.23. The SMILES string of the molecule is CCCC(C)C1(C#N)CCCCN1. The number of nitrogens with zero attached hydrogens (tertiary/aromatic N) is 1. The topological polar surface area (TPSA) is 35.8 Å². The summed E-state index contributed by atoms with van der Waals surface area (Å²) in [5, 5.41) is 12.6. The summed E-state index contributed by atoms with van der Waals surface area (Å²) in [6.45, 7) is 5.40. The van der Waals surface area contributed by atoms with Crippen LogP contribution in [0.3, 0.4) is 0 Å². The summed E-state index contributed by atoms with van der Waals surface area (Å²) in [5.74, 6) is 0.489. The molecule has 0 spiro atoms. The van der Waals surface area contributed by atoms with Gasteiger partial charge in [0.05, 0.1) is 6.07 Å². The predicted molar refractivity (Wildman–Crippen MR) is 54.3 cm³/mol. The molecule has 74 valence electrons. The van der Waals surface area contributed by atoms with Gasteiger partial charge in [0.1, 0.15) is 5.54 Å². The predicted octanol–water partition coefficient (Wildman–Crippen LogP) is 2.46. The van der Waals surface area contributed by atoms with Crippen LogP contribution in [0.4, 0.5) is 0 Å². The van der Waals surface area contributed by atoms with Crippen molar-refractivity contribution in [3.05, 3.63) is 0 Å². The van der Waals surface area contributed by atoms with Crippen LogP contribution < -0.4 is 5.32 Å². The largest absolute Gasteiger partial charge is 0.299 e. The van der Waals surface area contributed by atoms with Gasteiger partial charge in [0.25, 0.3) is 0 Å². The molecule has 2 atom stereocenters. The lowest BCUT2D eigenvalue weighted by Crippen LogP contribution is -2.52. The van der Waals surface area contributed by atoms with Gasteiger partial charge in [-0.3, -0.25) is 5.32 Å². The average molecular weight is 180 g/mol. The van der Waals surface area contributed by atoms with Gasteiger partial charge in [-0.05, 0) is 38.1 Å². The van der Waals surface area contributed by atoms with E-state index in [1.165, 1.54) is 19.3 Å². The smallest absolute Gasteiger partial charge is 0.109 e. The Morgan fingerprint density at radius 3 is 2.77 bits per heavy atom. The third kappa shape index (κ3) is 2.22. The Bertz CT molecular complexity index is 187. The Morgan fingerprint density at radius 2 is 2.31 bits per heavy atom. The number of piperidine rings is 1. The van der Waals surface area contributed by atoms with Gasteiger partial charge in [0.15, 0.2) is 0 Å². The molecule has 1 aliphatic rings. The third-order valence-electron chi connectivity index (χ3n) is 3.20. The highest BCUT2D eigenvalue weighted by atomic mass is 15.0. The molecule has 0 aromatic carbocycles. The molecule has 1 saturated heterocycles. The van der Waals surface area contributed by atoms with Crippen molar-refractivity contribution in [1.29, 1.82) is 5.26 Å². The summed E-state index contributed by atoms with van der Waals surface area (Å²) < 4.78 is 0. The van der Waals surface area contributed by atoms with E-state index < -0.39 is 0 Å². The molecule has 0 saturated carbocycles. The lowest BCUT2D eigenvalue weighted by atomic mass is 9.77. The molecule has 0 aromatic heterocycles. The molecule has 0 aliphatic carbocycles. The number of nitriles is 1. The average Bonchev–Trinajstić information content (AvgIpc) is 2.19. The van der Waals surface area contributed by atoms with Crippen LogP contribution >= 0.6 is 0 Å². The molecule has 1 aliphatic heterocycles. The number of rotatable bonds is 3. The third-order valence-corrected chi connectivity index (χ3v) is 3.20. The van der Waals surface area contributed by atoms with Crippen molar-refractivity contribution in [2.24, 2.45) is 5.92 Å². The molecule has 2 unspecified atom stereocenters. The summed E-state index contributed by atoms with van der Waals surface area (Å²) in [4.78, 5) is 0. The van der Waals surface area contributed by atoms with Crippen molar-refractivity contribution in [3.8, 4) is 6.07 Å². The zero-order chi connectivity index (χ0) is 9.73. The number of hydrogen-bond donors (Lipinski definition) is 1. The van der Waals surface area contributed by atoms with E-state index >= 15 is 0 Å². The molecule has 1 rings (SSSR count). The summed E-state index contributed by atoms with van der Waals surface area (Å²) in [5.41, 5.74) is -0.214. The van der Waals surface area contributed by atoms with Crippen LogP contribution in [0, 0.1) is 17.2 Å². The molecule has 0 amide bonds. The van der Waals surface area contributed by atoms with Crippen molar-refractivity contribution in [3.63, 3.8) is 0 Å². The second-order valence-corrected chi connectivity index (χ2v) is 4.16. The van der Waals surface area contributed by atoms with Crippen LogP contribution in [0.15, 0.2) is 0 Å². The first kappa shape index (κ1) is 10.5. The Kier molecular flexibility index (Phi) is 3.74. The van der Waals surface area contributed by atoms with Crippen LogP contribution in [0.25, 0.3) is 0 Å². The minimum absolute atomic E-state index is 0.214. The fraction of sp³-hybridized carbons (Fsp3) is 0.909. The Balaban J connectivity index is 2.62. The van der Waals surface area contributed by atoms with E-state index in [1.807, 2.05) is 0 Å². The maximum absolute atomic E-state index is 9.23. The van der Waals surface area contributed by atoms with Crippen molar-refractivity contribution >= 4 is 0 Å². The van der Waals surface area contributed by atoms with Crippen molar-refractivity contribution in [1.82, 2.24) is 5.32 Å². The first-order valence-electron chi connectivity index (χ1n) is 5.41. The molecular formula is C11H20N2. The Morgan fingerprint density at radius 1 is 1.54 bits per heavy atom. The maximum Gasteiger partial charge on any atom is 0.109 e. The van der Waals surface area contributed by atoms with Gasteiger partial charge in [0, 0.05) is 0 Å². The zero-order valence-electron chi connectivity index (χ0n) is 8.77. The summed E-state index contributed by atoms with van der Waals surface area (Å²) in [6.07, 6.45) is 5.79. The Hall–Kier alpha value is -0.550. The lowest BCUT2D eigenvalue weighted by molar-refractivity contribution is 0.224.